The largest absolute Gasteiger partial charge is 0.480 e. The highest BCUT2D eigenvalue weighted by atomic mass is 35.5. The summed E-state index contributed by atoms with van der Waals surface area (Å²) in [7, 11) is -1.47. The summed E-state index contributed by atoms with van der Waals surface area (Å²) < 4.78 is 21.3. The molecule has 0 spiro atoms. The average molecular weight is 959 g/mol. The normalized spacial score (nSPS) is 12.5. The summed E-state index contributed by atoms with van der Waals surface area (Å²) >= 11 is 17.5. The lowest BCUT2D eigenvalue weighted by molar-refractivity contribution is -0.383. The summed E-state index contributed by atoms with van der Waals surface area (Å²) in [6, 6.07) is 16.6. The van der Waals surface area contributed by atoms with Crippen LogP contribution in [0, 0.1) is 17.0 Å². The van der Waals surface area contributed by atoms with Gasteiger partial charge in [0.05, 0.1) is 23.3 Å². The number of carboxylic acids is 1. The zero-order chi connectivity index (χ0) is 48.1. The van der Waals surface area contributed by atoms with Crippen molar-refractivity contribution in [2.75, 3.05) is 60.2 Å². The van der Waals surface area contributed by atoms with Crippen LogP contribution in [0.15, 0.2) is 60.7 Å². The zero-order valence-electron chi connectivity index (χ0n) is 36.9. The van der Waals surface area contributed by atoms with E-state index in [-0.39, 0.29) is 63.4 Å². The quantitative estimate of drug-likeness (QED) is 0.0202. The molecule has 22 heteroatoms. The number of methoxy groups -OCH3 is 1. The van der Waals surface area contributed by atoms with Gasteiger partial charge < -0.3 is 46.5 Å². The lowest BCUT2D eigenvalue weighted by Gasteiger charge is -2.31. The van der Waals surface area contributed by atoms with Gasteiger partial charge in [0.1, 0.15) is 34.1 Å². The van der Waals surface area contributed by atoms with Crippen LogP contribution in [0.3, 0.4) is 0 Å². The number of aromatic nitrogens is 3. The van der Waals surface area contributed by atoms with Crippen molar-refractivity contribution in [3.8, 4) is 11.5 Å². The molecule has 0 saturated carbocycles. The fraction of sp³-hybridized carbons (Fsp3) is 0.439. The van der Waals surface area contributed by atoms with E-state index in [1.165, 1.54) is 18.8 Å². The summed E-state index contributed by atoms with van der Waals surface area (Å²) in [5, 5.41) is 25.3. The van der Waals surface area contributed by atoms with E-state index in [1.54, 1.807) is 36.3 Å². The first-order valence-corrected chi connectivity index (χ1v) is 23.1. The molecule has 1 aromatic heterocycles. The number of nitro groups is 1. The van der Waals surface area contributed by atoms with Gasteiger partial charge in [-0.1, -0.05) is 54.9 Å². The van der Waals surface area contributed by atoms with Crippen LogP contribution >= 0.6 is 42.2 Å². The van der Waals surface area contributed by atoms with Crippen LogP contribution in [-0.4, -0.2) is 98.3 Å². The SMILES string of the molecule is CCNc1nc(Cl)nc(NC(C)(C)C)n1.CCc1cccc(C)c1N(C(=O)CCl)C(C)COC.CP(=O)(O)CCC(N)C(=O)O.Nc1c([N+](=O)[O-])ccc(Oc2ccccc2)c1Cl. The van der Waals surface area contributed by atoms with Crippen LogP contribution in [0.1, 0.15) is 59.1 Å². The van der Waals surface area contributed by atoms with Gasteiger partial charge in [-0.3, -0.25) is 24.3 Å². The van der Waals surface area contributed by atoms with Gasteiger partial charge in [0.25, 0.3) is 5.69 Å². The molecule has 8 N–H and O–H groups in total. The topological polar surface area (TPSA) is 271 Å². The number of halogens is 3. The third-order valence-electron chi connectivity index (χ3n) is 8.07. The molecule has 0 saturated heterocycles. The standard InChI is InChI=1S/C15H22ClNO2.C12H9ClN2O3.C9H16ClN5.C5H12NO4P/c1-5-13-8-6-7-11(2)15(13)17(14(18)9-16)12(3)10-19-4;13-11-10(18-8-4-2-1-3-5-8)7-6-9(12(11)14)15(16)17;1-5-11-7-12-6(10)13-8(14-7)15-9(2,3)4;1-11(9,10)3-2-4(6)5(7)8/h6-8,12H,5,9-10H2,1-4H3;1-7H,14H2;5H2,1-4H3,(H2,11,12,13,14,15);4H,2-3,6H2,1H3,(H,7,8)(H,9,10). The number of carbonyl (C=O) groups excluding carboxylic acids is 1. The molecule has 0 aliphatic carbocycles. The molecule has 0 aliphatic heterocycles. The Labute approximate surface area is 383 Å². The number of aliphatic carboxylic acids is 1. The lowest BCUT2D eigenvalue weighted by atomic mass is 10.0. The molecular weight excluding hydrogens is 900 g/mol. The Morgan fingerprint density at radius 2 is 1.65 bits per heavy atom. The molecule has 0 radical (unpaired) electrons. The molecule has 3 unspecified atom stereocenters. The fourth-order valence-electron chi connectivity index (χ4n) is 5.22. The van der Waals surface area contributed by atoms with E-state index < -0.39 is 24.3 Å². The second kappa shape index (κ2) is 27.4. The van der Waals surface area contributed by atoms with Gasteiger partial charge in [-0.15, -0.1) is 11.6 Å². The second-order valence-electron chi connectivity index (χ2n) is 14.8. The van der Waals surface area contributed by atoms with E-state index in [1.807, 2.05) is 59.7 Å². The van der Waals surface area contributed by atoms with Crippen molar-refractivity contribution in [2.24, 2.45) is 5.73 Å². The van der Waals surface area contributed by atoms with Crippen LogP contribution in [0.2, 0.25) is 10.3 Å². The minimum Gasteiger partial charge on any atom is -0.480 e. The molecule has 0 fully saturated rings. The van der Waals surface area contributed by atoms with Crippen molar-refractivity contribution in [3.05, 3.63) is 92.2 Å². The van der Waals surface area contributed by atoms with Crippen LogP contribution in [0.5, 0.6) is 11.5 Å². The minimum absolute atomic E-state index is 0.0223. The number of rotatable bonds is 16. The molecule has 0 bridgehead atoms. The van der Waals surface area contributed by atoms with E-state index in [0.717, 1.165) is 29.8 Å². The number of amides is 1. The van der Waals surface area contributed by atoms with Gasteiger partial charge in [-0.05, 0) is 95.3 Å². The number of nitrogens with two attached hydrogens (primary N) is 2. The average Bonchev–Trinajstić information content (AvgIpc) is 3.19. The summed E-state index contributed by atoms with van der Waals surface area (Å²) in [6.07, 6.45) is 0.878. The van der Waals surface area contributed by atoms with Crippen LogP contribution in [0.25, 0.3) is 0 Å². The van der Waals surface area contributed by atoms with Gasteiger partial charge in [-0.25, -0.2) is 0 Å². The number of nitrogens with zero attached hydrogens (tertiary/aromatic N) is 5. The van der Waals surface area contributed by atoms with Gasteiger partial charge >= 0.3 is 5.97 Å². The Morgan fingerprint density at radius 3 is 2.16 bits per heavy atom. The predicted molar refractivity (Wildman–Crippen MR) is 252 cm³/mol. The maximum absolute atomic E-state index is 12.2. The van der Waals surface area contributed by atoms with E-state index in [0.29, 0.717) is 24.3 Å². The predicted octanol–water partition coefficient (Wildman–Crippen LogP) is 8.64. The highest BCUT2D eigenvalue weighted by molar-refractivity contribution is 7.57. The molecule has 1 amide bonds. The highest BCUT2D eigenvalue weighted by Crippen LogP contribution is 2.39. The number of carbonyl (C=O) groups is 2. The number of alkyl halides is 1. The van der Waals surface area contributed by atoms with Crippen molar-refractivity contribution in [1.82, 2.24) is 15.0 Å². The highest BCUT2D eigenvalue weighted by Gasteiger charge is 2.25. The van der Waals surface area contributed by atoms with Crippen molar-refractivity contribution in [2.45, 2.75) is 78.9 Å². The number of nitro benzene ring substituents is 1. The third kappa shape index (κ3) is 20.9. The number of anilines is 4. The summed E-state index contributed by atoms with van der Waals surface area (Å²) in [5.41, 5.74) is 13.4. The van der Waals surface area contributed by atoms with E-state index in [9.17, 15) is 24.3 Å². The maximum atomic E-state index is 12.2. The van der Waals surface area contributed by atoms with Crippen molar-refractivity contribution in [1.29, 1.82) is 0 Å². The fourth-order valence-corrected chi connectivity index (χ4v) is 6.46. The van der Waals surface area contributed by atoms with Crippen molar-refractivity contribution >= 4 is 83.0 Å². The van der Waals surface area contributed by atoms with Gasteiger partial charge in [0.2, 0.25) is 23.1 Å². The number of carboxylic acid groups (broad SMARTS) is 1. The van der Waals surface area contributed by atoms with Crippen LogP contribution < -0.4 is 31.7 Å². The summed E-state index contributed by atoms with van der Waals surface area (Å²) in [4.78, 5) is 55.0. The number of benzene rings is 3. The number of ether oxygens (including phenoxy) is 2. The second-order valence-corrected chi connectivity index (χ2v) is 18.3. The van der Waals surface area contributed by atoms with E-state index >= 15 is 0 Å². The smallest absolute Gasteiger partial charge is 0.320 e. The third-order valence-corrected chi connectivity index (χ3v) is 9.94. The number of hydrogen-bond acceptors (Lipinski definition) is 14. The van der Waals surface area contributed by atoms with Gasteiger partial charge in [0, 0.05) is 38.1 Å². The van der Waals surface area contributed by atoms with E-state index in [4.69, 9.17) is 65.7 Å². The number of nitrogens with one attached hydrogen (secondary N) is 2. The number of nitrogen functional groups attached to an aromatic ring is 1. The molecule has 1 heterocycles. The molecule has 4 aromatic rings. The molecule has 348 valence electrons. The van der Waals surface area contributed by atoms with Crippen LogP contribution in [0.4, 0.5) is 29.0 Å². The molecular formula is C41H59Cl3N9O9P. The van der Waals surface area contributed by atoms with E-state index in [2.05, 4.69) is 38.6 Å². The first kappa shape index (κ1) is 56.2. The van der Waals surface area contributed by atoms with Gasteiger partial charge in [0.15, 0.2) is 7.37 Å². The number of aryl methyl sites for hydroxylation is 2. The Morgan fingerprint density at radius 1 is 1.03 bits per heavy atom. The summed E-state index contributed by atoms with van der Waals surface area (Å²) in [6.45, 7) is 16.5. The van der Waals surface area contributed by atoms with Crippen molar-refractivity contribution < 1.29 is 38.6 Å². The Balaban J connectivity index is 0.000000428. The molecule has 63 heavy (non-hydrogen) atoms. The molecule has 0 aliphatic rings. The maximum Gasteiger partial charge on any atom is 0.320 e. The Bertz CT molecular complexity index is 2130. The first-order chi connectivity index (χ1) is 29.4. The Hall–Kier alpha value is -4.81. The first-order valence-electron chi connectivity index (χ1n) is 19.5. The minimum atomic E-state index is -3.10. The van der Waals surface area contributed by atoms with Crippen molar-refractivity contribution in [3.63, 3.8) is 0 Å². The molecule has 18 nitrogen and oxygen atoms in total. The number of para-hydroxylation sites is 2. The van der Waals surface area contributed by atoms with Gasteiger partial charge in [-0.2, -0.15) is 15.0 Å². The number of hydrogen-bond donors (Lipinski definition) is 6. The monoisotopic (exact) mass is 957 g/mol. The Kier molecular flexibility index (Phi) is 24.4. The van der Waals surface area contributed by atoms with Crippen LogP contribution in [-0.2, 0) is 25.3 Å². The summed E-state index contributed by atoms with van der Waals surface area (Å²) in [5.74, 6) is 0.584. The lowest BCUT2D eigenvalue weighted by Crippen LogP contribution is -2.43. The zero-order valence-corrected chi connectivity index (χ0v) is 40.1. The molecule has 4 rings (SSSR count). The molecule has 3 atom stereocenters. The molecule has 3 aromatic carbocycles.